The van der Waals surface area contributed by atoms with Gasteiger partial charge in [-0.25, -0.2) is 4.79 Å². The van der Waals surface area contributed by atoms with Crippen LogP contribution in [-0.4, -0.2) is 30.2 Å². The lowest BCUT2D eigenvalue weighted by atomic mass is 10.0. The molecule has 0 saturated carbocycles. The Bertz CT molecular complexity index is 214. The number of rotatable bonds is 1. The van der Waals surface area contributed by atoms with Gasteiger partial charge in [0.25, 0.3) is 0 Å². The van der Waals surface area contributed by atoms with Gasteiger partial charge in [-0.3, -0.25) is 0 Å². The Balaban J connectivity index is 2.40. The Kier molecular flexibility index (Phi) is 3.04. The molecule has 4 heteroatoms. The molecule has 1 rings (SSSR count). The van der Waals surface area contributed by atoms with E-state index in [4.69, 9.17) is 0 Å². The fraction of sp³-hybridized carbons (Fsp3) is 0.900. The van der Waals surface area contributed by atoms with E-state index in [2.05, 4.69) is 22.9 Å². The molecule has 1 saturated heterocycles. The van der Waals surface area contributed by atoms with Crippen molar-refractivity contribution in [3.8, 4) is 0 Å². The van der Waals surface area contributed by atoms with E-state index >= 15 is 0 Å². The minimum absolute atomic E-state index is 0.0799. The zero-order valence-electron chi connectivity index (χ0n) is 9.53. The van der Waals surface area contributed by atoms with Crippen LogP contribution in [0.5, 0.6) is 0 Å². The topological polar surface area (TPSA) is 53.2 Å². The summed E-state index contributed by atoms with van der Waals surface area (Å²) in [7, 11) is 0. The minimum Gasteiger partial charge on any atom is -0.334 e. The molecule has 0 radical (unpaired) electrons. The Hall–Kier alpha value is -0.770. The second-order valence-corrected chi connectivity index (χ2v) is 5.32. The first-order valence-corrected chi connectivity index (χ1v) is 5.12. The van der Waals surface area contributed by atoms with Crippen LogP contribution in [0.3, 0.4) is 0 Å². The van der Waals surface area contributed by atoms with E-state index < -0.39 is 0 Å². The lowest BCUT2D eigenvalue weighted by Crippen LogP contribution is -2.55. The van der Waals surface area contributed by atoms with Crippen molar-refractivity contribution in [1.82, 2.24) is 16.0 Å². The first-order chi connectivity index (χ1) is 6.31. The molecule has 14 heavy (non-hydrogen) atoms. The van der Waals surface area contributed by atoms with E-state index in [1.165, 1.54) is 0 Å². The van der Waals surface area contributed by atoms with Gasteiger partial charge in [0.05, 0.1) is 5.54 Å². The molecule has 3 N–H and O–H groups in total. The van der Waals surface area contributed by atoms with Crippen molar-refractivity contribution < 1.29 is 4.79 Å². The van der Waals surface area contributed by atoms with Crippen molar-refractivity contribution in [3.63, 3.8) is 0 Å². The molecule has 0 aromatic heterocycles. The van der Waals surface area contributed by atoms with Gasteiger partial charge in [-0.05, 0) is 40.7 Å². The zero-order chi connectivity index (χ0) is 10.8. The van der Waals surface area contributed by atoms with Crippen LogP contribution >= 0.6 is 0 Å². The normalized spacial score (nSPS) is 27.4. The van der Waals surface area contributed by atoms with Crippen LogP contribution in [0.2, 0.25) is 0 Å². The molecule has 1 heterocycles. The smallest absolute Gasteiger partial charge is 0.315 e. The van der Waals surface area contributed by atoms with Crippen LogP contribution in [0, 0.1) is 0 Å². The summed E-state index contributed by atoms with van der Waals surface area (Å²) in [6, 6.07) is -0.0799. The largest absolute Gasteiger partial charge is 0.334 e. The van der Waals surface area contributed by atoms with Gasteiger partial charge < -0.3 is 16.0 Å². The molecule has 1 atom stereocenters. The van der Waals surface area contributed by atoms with Crippen molar-refractivity contribution in [2.75, 3.05) is 13.1 Å². The molecule has 1 unspecified atom stereocenters. The van der Waals surface area contributed by atoms with Gasteiger partial charge in [0.15, 0.2) is 0 Å². The van der Waals surface area contributed by atoms with Crippen molar-refractivity contribution >= 4 is 6.03 Å². The number of hydrogen-bond donors (Lipinski definition) is 3. The Morgan fingerprint density at radius 2 is 2.07 bits per heavy atom. The van der Waals surface area contributed by atoms with Gasteiger partial charge in [0, 0.05) is 12.1 Å². The van der Waals surface area contributed by atoms with Gasteiger partial charge in [-0.1, -0.05) is 0 Å². The number of carbonyl (C=O) groups is 1. The van der Waals surface area contributed by atoms with Crippen LogP contribution in [0.4, 0.5) is 4.79 Å². The van der Waals surface area contributed by atoms with Crippen LogP contribution in [-0.2, 0) is 0 Å². The third kappa shape index (κ3) is 3.54. The van der Waals surface area contributed by atoms with Gasteiger partial charge in [-0.2, -0.15) is 0 Å². The monoisotopic (exact) mass is 199 g/mol. The maximum atomic E-state index is 11.6. The third-order valence-electron chi connectivity index (χ3n) is 2.27. The Morgan fingerprint density at radius 1 is 1.43 bits per heavy atom. The summed E-state index contributed by atoms with van der Waals surface area (Å²) < 4.78 is 0. The molecule has 1 fully saturated rings. The molecule has 4 nitrogen and oxygen atoms in total. The Morgan fingerprint density at radius 3 is 2.50 bits per heavy atom. The maximum Gasteiger partial charge on any atom is 0.315 e. The molecular weight excluding hydrogens is 178 g/mol. The molecule has 0 bridgehead atoms. The van der Waals surface area contributed by atoms with Crippen molar-refractivity contribution in [1.29, 1.82) is 0 Å². The summed E-state index contributed by atoms with van der Waals surface area (Å²) in [6.07, 6.45) is 0.991. The summed E-state index contributed by atoms with van der Waals surface area (Å²) in [6.45, 7) is 9.82. The molecule has 0 aliphatic carbocycles. The first kappa shape index (κ1) is 11.3. The van der Waals surface area contributed by atoms with Crippen molar-refractivity contribution in [2.24, 2.45) is 0 Å². The van der Waals surface area contributed by atoms with Crippen LogP contribution in [0.1, 0.15) is 34.1 Å². The lowest BCUT2D eigenvalue weighted by Gasteiger charge is -2.28. The summed E-state index contributed by atoms with van der Waals surface area (Å²) in [5.41, 5.74) is -0.262. The number of urea groups is 1. The SMILES string of the molecule is CC(C)(C)NC(=O)NC1(C)CCNC1. The fourth-order valence-corrected chi connectivity index (χ4v) is 1.57. The second-order valence-electron chi connectivity index (χ2n) is 5.32. The number of hydrogen-bond acceptors (Lipinski definition) is 2. The minimum atomic E-state index is -0.174. The van der Waals surface area contributed by atoms with E-state index in [0.717, 1.165) is 19.5 Å². The van der Waals surface area contributed by atoms with Crippen molar-refractivity contribution in [2.45, 2.75) is 45.2 Å². The second kappa shape index (κ2) is 3.77. The fourth-order valence-electron chi connectivity index (χ4n) is 1.57. The highest BCUT2D eigenvalue weighted by atomic mass is 16.2. The van der Waals surface area contributed by atoms with Crippen LogP contribution in [0.25, 0.3) is 0 Å². The van der Waals surface area contributed by atoms with Crippen LogP contribution in [0.15, 0.2) is 0 Å². The molecule has 0 aromatic carbocycles. The lowest BCUT2D eigenvalue weighted by molar-refractivity contribution is 0.221. The van der Waals surface area contributed by atoms with Gasteiger partial charge in [0.2, 0.25) is 0 Å². The van der Waals surface area contributed by atoms with E-state index in [1.54, 1.807) is 0 Å². The molecule has 0 spiro atoms. The molecular formula is C10H21N3O. The van der Waals surface area contributed by atoms with E-state index in [1.807, 2.05) is 20.8 Å². The molecule has 0 aromatic rings. The first-order valence-electron chi connectivity index (χ1n) is 5.12. The number of amides is 2. The maximum absolute atomic E-state index is 11.6. The predicted octanol–water partition coefficient (Wildman–Crippen LogP) is 0.836. The quantitative estimate of drug-likeness (QED) is 0.586. The summed E-state index contributed by atoms with van der Waals surface area (Å²) in [4.78, 5) is 11.6. The molecule has 82 valence electrons. The summed E-state index contributed by atoms with van der Waals surface area (Å²) in [5.74, 6) is 0. The van der Waals surface area contributed by atoms with E-state index in [9.17, 15) is 4.79 Å². The summed E-state index contributed by atoms with van der Waals surface area (Å²) in [5, 5.41) is 9.13. The van der Waals surface area contributed by atoms with Gasteiger partial charge in [-0.15, -0.1) is 0 Å². The highest BCUT2D eigenvalue weighted by molar-refractivity contribution is 5.75. The number of nitrogens with one attached hydrogen (secondary N) is 3. The van der Waals surface area contributed by atoms with Crippen molar-refractivity contribution in [3.05, 3.63) is 0 Å². The van der Waals surface area contributed by atoms with E-state index in [0.29, 0.717) is 0 Å². The molecule has 1 aliphatic heterocycles. The summed E-state index contributed by atoms with van der Waals surface area (Å²) >= 11 is 0. The average molecular weight is 199 g/mol. The average Bonchev–Trinajstić information content (AvgIpc) is 2.30. The Labute approximate surface area is 85.8 Å². The van der Waals surface area contributed by atoms with Crippen LogP contribution < -0.4 is 16.0 Å². The van der Waals surface area contributed by atoms with Gasteiger partial charge in [0.1, 0.15) is 0 Å². The van der Waals surface area contributed by atoms with E-state index in [-0.39, 0.29) is 17.1 Å². The molecule has 1 aliphatic rings. The highest BCUT2D eigenvalue weighted by Gasteiger charge is 2.30. The third-order valence-corrected chi connectivity index (χ3v) is 2.27. The standard InChI is InChI=1S/C10H21N3O/c1-9(2,3)12-8(14)13-10(4)5-6-11-7-10/h11H,5-7H2,1-4H3,(H2,12,13,14). The zero-order valence-corrected chi connectivity index (χ0v) is 9.53. The predicted molar refractivity (Wildman–Crippen MR) is 57.3 cm³/mol. The van der Waals surface area contributed by atoms with Gasteiger partial charge >= 0.3 is 6.03 Å². The number of carbonyl (C=O) groups excluding carboxylic acids is 1. The molecule has 2 amide bonds. The highest BCUT2D eigenvalue weighted by Crippen LogP contribution is 2.13.